The van der Waals surface area contributed by atoms with Crippen LogP contribution in [-0.4, -0.2) is 31.1 Å². The first-order valence-corrected chi connectivity index (χ1v) is 7.72. The lowest BCUT2D eigenvalue weighted by atomic mass is 9.90. The van der Waals surface area contributed by atoms with Gasteiger partial charge in [-0.1, -0.05) is 54.4 Å². The minimum Gasteiger partial charge on any atom is -0.314 e. The Morgan fingerprint density at radius 2 is 1.80 bits per heavy atom. The van der Waals surface area contributed by atoms with Gasteiger partial charge in [0.1, 0.15) is 0 Å². The number of rotatable bonds is 4. The molecule has 116 valence electrons. The van der Waals surface area contributed by atoms with E-state index in [0.29, 0.717) is 12.0 Å². The summed E-state index contributed by atoms with van der Waals surface area (Å²) in [6.45, 7) is 9.17. The average molecular weight is 384 g/mol. The van der Waals surface area contributed by atoms with E-state index in [1.807, 2.05) is 0 Å². The fourth-order valence-corrected chi connectivity index (χ4v) is 3.28. The maximum atomic E-state index is 3.72. The molecule has 0 spiro atoms. The van der Waals surface area contributed by atoms with Crippen molar-refractivity contribution in [2.45, 2.75) is 26.3 Å². The summed E-state index contributed by atoms with van der Waals surface area (Å²) in [7, 11) is 0. The molecule has 1 saturated heterocycles. The zero-order chi connectivity index (χ0) is 13.0. The molecule has 1 aliphatic heterocycles. The van der Waals surface area contributed by atoms with Crippen LogP contribution in [0.4, 0.5) is 0 Å². The predicted molar refractivity (Wildman–Crippen MR) is 95.3 cm³/mol. The van der Waals surface area contributed by atoms with Crippen molar-refractivity contribution in [3.05, 3.63) is 34.3 Å². The number of hydrogen-bond donors (Lipinski definition) is 1. The van der Waals surface area contributed by atoms with E-state index in [9.17, 15) is 0 Å². The molecule has 0 saturated carbocycles. The molecule has 1 fully saturated rings. The first-order valence-electron chi connectivity index (χ1n) is 6.93. The van der Waals surface area contributed by atoms with Gasteiger partial charge >= 0.3 is 0 Å². The van der Waals surface area contributed by atoms with E-state index in [2.05, 4.69) is 64.3 Å². The number of nitrogens with one attached hydrogen (secondary N) is 1. The van der Waals surface area contributed by atoms with Crippen LogP contribution < -0.4 is 5.32 Å². The van der Waals surface area contributed by atoms with Crippen LogP contribution in [-0.2, 0) is 0 Å². The Hall–Kier alpha value is 0.200. The fourth-order valence-electron chi connectivity index (χ4n) is 2.76. The third-order valence-corrected chi connectivity index (χ3v) is 4.67. The smallest absolute Gasteiger partial charge is 0.0385 e. The van der Waals surface area contributed by atoms with Gasteiger partial charge in [-0.05, 0) is 17.5 Å². The summed E-state index contributed by atoms with van der Waals surface area (Å²) < 4.78 is 1.24. The van der Waals surface area contributed by atoms with E-state index in [0.717, 1.165) is 26.2 Å². The molecule has 20 heavy (non-hydrogen) atoms. The molecule has 1 aliphatic rings. The highest BCUT2D eigenvalue weighted by molar-refractivity contribution is 9.10. The Morgan fingerprint density at radius 3 is 2.35 bits per heavy atom. The van der Waals surface area contributed by atoms with Gasteiger partial charge in [-0.3, -0.25) is 4.90 Å². The van der Waals surface area contributed by atoms with Crippen molar-refractivity contribution in [1.29, 1.82) is 0 Å². The van der Waals surface area contributed by atoms with E-state index in [-0.39, 0.29) is 24.8 Å². The number of halogens is 3. The van der Waals surface area contributed by atoms with E-state index in [1.165, 1.54) is 16.5 Å². The van der Waals surface area contributed by atoms with Gasteiger partial charge in [0.2, 0.25) is 0 Å². The summed E-state index contributed by atoms with van der Waals surface area (Å²) in [5, 5.41) is 3.44. The third kappa shape index (κ3) is 4.88. The molecule has 1 N–H and O–H groups in total. The zero-order valence-electron chi connectivity index (χ0n) is 12.1. The number of benzene rings is 1. The molecule has 1 aromatic rings. The van der Waals surface area contributed by atoms with Crippen molar-refractivity contribution in [2.75, 3.05) is 26.2 Å². The lowest BCUT2D eigenvalue weighted by Gasteiger charge is -2.38. The maximum Gasteiger partial charge on any atom is 0.0385 e. The van der Waals surface area contributed by atoms with E-state index in [4.69, 9.17) is 0 Å². The highest BCUT2D eigenvalue weighted by Gasteiger charge is 2.27. The second-order valence-corrected chi connectivity index (χ2v) is 5.99. The van der Waals surface area contributed by atoms with Crippen LogP contribution in [0.3, 0.4) is 0 Å². The summed E-state index contributed by atoms with van der Waals surface area (Å²) in [5.41, 5.74) is 1.44. The molecule has 1 heterocycles. The van der Waals surface area contributed by atoms with Crippen LogP contribution >= 0.6 is 40.7 Å². The summed E-state index contributed by atoms with van der Waals surface area (Å²) in [4.78, 5) is 2.63. The molecule has 2 nitrogen and oxygen atoms in total. The number of hydrogen-bond acceptors (Lipinski definition) is 2. The van der Waals surface area contributed by atoms with E-state index >= 15 is 0 Å². The Morgan fingerprint density at radius 1 is 1.20 bits per heavy atom. The summed E-state index contributed by atoms with van der Waals surface area (Å²) in [5.74, 6) is 0.682. The fraction of sp³-hybridized carbons (Fsp3) is 0.600. The Bertz CT molecular complexity index is 384. The second-order valence-electron chi connectivity index (χ2n) is 5.14. The van der Waals surface area contributed by atoms with Crippen molar-refractivity contribution in [1.82, 2.24) is 10.2 Å². The van der Waals surface area contributed by atoms with Crippen molar-refractivity contribution in [2.24, 2.45) is 5.92 Å². The number of piperazine rings is 1. The van der Waals surface area contributed by atoms with Crippen molar-refractivity contribution in [3.8, 4) is 0 Å². The average Bonchev–Trinajstić information content (AvgIpc) is 2.42. The lowest BCUT2D eigenvalue weighted by molar-refractivity contribution is 0.128. The molecular weight excluding hydrogens is 359 g/mol. The summed E-state index contributed by atoms with van der Waals surface area (Å²) in [6.07, 6.45) is 1.22. The molecule has 5 heteroatoms. The largest absolute Gasteiger partial charge is 0.314 e. The van der Waals surface area contributed by atoms with Crippen molar-refractivity contribution < 1.29 is 0 Å². The van der Waals surface area contributed by atoms with Gasteiger partial charge in [-0.15, -0.1) is 24.8 Å². The molecule has 0 amide bonds. The first-order chi connectivity index (χ1) is 8.74. The van der Waals surface area contributed by atoms with Crippen molar-refractivity contribution >= 4 is 40.7 Å². The van der Waals surface area contributed by atoms with Gasteiger partial charge < -0.3 is 5.32 Å². The highest BCUT2D eigenvalue weighted by Crippen LogP contribution is 2.35. The topological polar surface area (TPSA) is 15.3 Å². The Labute approximate surface area is 143 Å². The molecule has 1 unspecified atom stereocenters. The molecular formula is C15H25BrCl2N2. The van der Waals surface area contributed by atoms with Crippen LogP contribution in [0.15, 0.2) is 28.7 Å². The maximum absolute atomic E-state index is 3.72. The molecule has 2 rings (SSSR count). The molecule has 2 atom stereocenters. The van der Waals surface area contributed by atoms with Gasteiger partial charge in [-0.2, -0.15) is 0 Å². The predicted octanol–water partition coefficient (Wildman–Crippen LogP) is 4.29. The highest BCUT2D eigenvalue weighted by atomic mass is 79.9. The summed E-state index contributed by atoms with van der Waals surface area (Å²) in [6, 6.07) is 9.21. The molecule has 1 aromatic carbocycles. The molecule has 0 aromatic heterocycles. The van der Waals surface area contributed by atoms with Crippen LogP contribution in [0.25, 0.3) is 0 Å². The minimum absolute atomic E-state index is 0. The van der Waals surface area contributed by atoms with Gasteiger partial charge in [-0.25, -0.2) is 0 Å². The SMILES string of the molecule is CCC(C)[C@H](c1ccccc1Br)N1CCNCC1.Cl.Cl. The Kier molecular flexibility index (Phi) is 10.1. The standard InChI is InChI=1S/C15H23BrN2.2ClH/c1-3-12(2)15(18-10-8-17-9-11-18)13-6-4-5-7-14(13)16;;/h4-7,12,15,17H,3,8-11H2,1-2H3;2*1H/t12?,15-;;/m1../s1. The summed E-state index contributed by atoms with van der Waals surface area (Å²) >= 11 is 3.72. The molecule has 0 bridgehead atoms. The van der Waals surface area contributed by atoms with Crippen LogP contribution in [0.5, 0.6) is 0 Å². The van der Waals surface area contributed by atoms with Crippen LogP contribution in [0.1, 0.15) is 31.9 Å². The molecule has 0 radical (unpaired) electrons. The normalized spacial score (nSPS) is 18.6. The second kappa shape index (κ2) is 10.0. The van der Waals surface area contributed by atoms with Crippen LogP contribution in [0, 0.1) is 5.92 Å². The van der Waals surface area contributed by atoms with Gasteiger partial charge in [0.05, 0.1) is 0 Å². The zero-order valence-corrected chi connectivity index (χ0v) is 15.4. The van der Waals surface area contributed by atoms with Crippen molar-refractivity contribution in [3.63, 3.8) is 0 Å². The van der Waals surface area contributed by atoms with Gasteiger partial charge in [0.25, 0.3) is 0 Å². The number of nitrogens with zero attached hydrogens (tertiary/aromatic N) is 1. The first kappa shape index (κ1) is 20.2. The lowest BCUT2D eigenvalue weighted by Crippen LogP contribution is -2.46. The Balaban J connectivity index is 0.00000180. The monoisotopic (exact) mass is 382 g/mol. The third-order valence-electron chi connectivity index (χ3n) is 3.95. The molecule has 0 aliphatic carbocycles. The van der Waals surface area contributed by atoms with E-state index < -0.39 is 0 Å². The van der Waals surface area contributed by atoms with E-state index in [1.54, 1.807) is 0 Å². The van der Waals surface area contributed by atoms with Crippen LogP contribution in [0.2, 0.25) is 0 Å². The van der Waals surface area contributed by atoms with Gasteiger partial charge in [0, 0.05) is 36.7 Å². The minimum atomic E-state index is 0. The van der Waals surface area contributed by atoms with Gasteiger partial charge in [0.15, 0.2) is 0 Å². The quantitative estimate of drug-likeness (QED) is 0.834.